The molecule has 1 aromatic rings. The summed E-state index contributed by atoms with van der Waals surface area (Å²) in [4.78, 5) is 18.4. The van der Waals surface area contributed by atoms with Gasteiger partial charge in [0.25, 0.3) is 0 Å². The van der Waals surface area contributed by atoms with E-state index < -0.39 is 0 Å². The minimum Gasteiger partial charge on any atom is -0.373 e. The molecular formula is C15H26N4O2S. The van der Waals surface area contributed by atoms with E-state index in [1.54, 1.807) is 11.3 Å². The van der Waals surface area contributed by atoms with Crippen LogP contribution in [0.25, 0.3) is 0 Å². The lowest BCUT2D eigenvalue weighted by Crippen LogP contribution is -2.48. The highest BCUT2D eigenvalue weighted by Crippen LogP contribution is 2.09. The molecule has 22 heavy (non-hydrogen) atoms. The highest BCUT2D eigenvalue weighted by molar-refractivity contribution is 7.09. The fourth-order valence-electron chi connectivity index (χ4n) is 2.68. The molecule has 1 aromatic heterocycles. The molecule has 1 aliphatic rings. The van der Waals surface area contributed by atoms with Gasteiger partial charge < -0.3 is 15.4 Å². The van der Waals surface area contributed by atoms with E-state index in [-0.39, 0.29) is 18.2 Å². The lowest BCUT2D eigenvalue weighted by atomic mass is 10.2. The van der Waals surface area contributed by atoms with Crippen LogP contribution < -0.4 is 10.6 Å². The fourth-order valence-corrected chi connectivity index (χ4v) is 3.33. The summed E-state index contributed by atoms with van der Waals surface area (Å²) in [7, 11) is 0. The number of ether oxygens (including phenoxy) is 1. The molecule has 2 atom stereocenters. The molecule has 0 radical (unpaired) electrons. The Bertz CT molecular complexity index is 470. The smallest absolute Gasteiger partial charge is 0.314 e. The third-order valence-electron chi connectivity index (χ3n) is 3.54. The van der Waals surface area contributed by atoms with Crippen molar-refractivity contribution in [3.8, 4) is 0 Å². The van der Waals surface area contributed by atoms with E-state index in [1.807, 2.05) is 12.3 Å². The Morgan fingerprint density at radius 2 is 2.05 bits per heavy atom. The molecule has 124 valence electrons. The Balaban J connectivity index is 1.55. The standard InChI is InChI=1S/C15H26N4O2S/c1-11-8-19(9-12(2)21-11)7-6-17-15(20)16-5-4-14-10-22-13(3)18-14/h10-12H,4-9H2,1-3H3,(H2,16,17,20)/t11-,12-/m0/s1. The summed E-state index contributed by atoms with van der Waals surface area (Å²) < 4.78 is 5.69. The second-order valence-electron chi connectivity index (χ2n) is 5.81. The van der Waals surface area contributed by atoms with Crippen LogP contribution in [0.15, 0.2) is 5.38 Å². The van der Waals surface area contributed by atoms with Crippen LogP contribution in [0.5, 0.6) is 0 Å². The van der Waals surface area contributed by atoms with E-state index in [0.717, 1.165) is 36.8 Å². The van der Waals surface area contributed by atoms with Crippen molar-refractivity contribution in [1.29, 1.82) is 0 Å². The molecule has 6 nitrogen and oxygen atoms in total. The topological polar surface area (TPSA) is 66.5 Å². The van der Waals surface area contributed by atoms with Gasteiger partial charge in [0.05, 0.1) is 22.9 Å². The number of hydrogen-bond acceptors (Lipinski definition) is 5. The van der Waals surface area contributed by atoms with Gasteiger partial charge in [-0.3, -0.25) is 4.90 Å². The molecule has 0 unspecified atom stereocenters. The molecule has 7 heteroatoms. The Morgan fingerprint density at radius 3 is 2.68 bits per heavy atom. The van der Waals surface area contributed by atoms with E-state index in [0.29, 0.717) is 13.1 Å². The van der Waals surface area contributed by atoms with Crippen LogP contribution in [0.4, 0.5) is 4.79 Å². The first-order chi connectivity index (χ1) is 10.5. The van der Waals surface area contributed by atoms with Gasteiger partial charge >= 0.3 is 6.03 Å². The van der Waals surface area contributed by atoms with Gasteiger partial charge in [0, 0.05) is 44.5 Å². The molecule has 2 N–H and O–H groups in total. The van der Waals surface area contributed by atoms with Crippen molar-refractivity contribution in [3.05, 3.63) is 16.1 Å². The average Bonchev–Trinajstić information content (AvgIpc) is 2.83. The highest BCUT2D eigenvalue weighted by atomic mass is 32.1. The van der Waals surface area contributed by atoms with Gasteiger partial charge in [-0.05, 0) is 20.8 Å². The van der Waals surface area contributed by atoms with Crippen molar-refractivity contribution in [2.24, 2.45) is 0 Å². The molecule has 2 rings (SSSR count). The van der Waals surface area contributed by atoms with Crippen molar-refractivity contribution in [1.82, 2.24) is 20.5 Å². The molecule has 0 aliphatic carbocycles. The molecule has 1 aliphatic heterocycles. The minimum atomic E-state index is -0.110. The lowest BCUT2D eigenvalue weighted by Gasteiger charge is -2.35. The van der Waals surface area contributed by atoms with Gasteiger partial charge in [-0.2, -0.15) is 0 Å². The first kappa shape index (κ1) is 17.2. The number of hydrogen-bond donors (Lipinski definition) is 2. The number of urea groups is 1. The Hall–Kier alpha value is -1.18. The molecule has 2 amide bonds. The maximum Gasteiger partial charge on any atom is 0.314 e. The van der Waals surface area contributed by atoms with E-state index in [1.165, 1.54) is 0 Å². The van der Waals surface area contributed by atoms with Crippen molar-refractivity contribution < 1.29 is 9.53 Å². The maximum absolute atomic E-state index is 11.7. The Labute approximate surface area is 136 Å². The van der Waals surface area contributed by atoms with Crippen molar-refractivity contribution in [3.63, 3.8) is 0 Å². The minimum absolute atomic E-state index is 0.110. The molecule has 1 saturated heterocycles. The van der Waals surface area contributed by atoms with E-state index in [4.69, 9.17) is 4.74 Å². The average molecular weight is 326 g/mol. The van der Waals surface area contributed by atoms with Crippen LogP contribution in [0, 0.1) is 6.92 Å². The molecule has 0 spiro atoms. The number of aryl methyl sites for hydroxylation is 1. The predicted molar refractivity (Wildman–Crippen MR) is 88.4 cm³/mol. The number of carbonyl (C=O) groups is 1. The third kappa shape index (κ3) is 5.90. The number of aromatic nitrogens is 1. The van der Waals surface area contributed by atoms with Gasteiger partial charge in [0.2, 0.25) is 0 Å². The number of carbonyl (C=O) groups excluding carboxylic acids is 1. The van der Waals surface area contributed by atoms with E-state index in [2.05, 4.69) is 34.4 Å². The normalized spacial score (nSPS) is 22.5. The summed E-state index contributed by atoms with van der Waals surface area (Å²) in [5, 5.41) is 8.87. The van der Waals surface area contributed by atoms with Crippen molar-refractivity contribution in [2.75, 3.05) is 32.7 Å². The lowest BCUT2D eigenvalue weighted by molar-refractivity contribution is -0.0672. The molecular weight excluding hydrogens is 300 g/mol. The van der Waals surface area contributed by atoms with Crippen LogP contribution in [-0.2, 0) is 11.2 Å². The second kappa shape index (κ2) is 8.45. The van der Waals surface area contributed by atoms with Gasteiger partial charge in [-0.1, -0.05) is 0 Å². The summed E-state index contributed by atoms with van der Waals surface area (Å²) in [5.41, 5.74) is 1.04. The van der Waals surface area contributed by atoms with Crippen molar-refractivity contribution >= 4 is 17.4 Å². The first-order valence-corrected chi connectivity index (χ1v) is 8.71. The number of nitrogens with zero attached hydrogens (tertiary/aromatic N) is 2. The SMILES string of the molecule is Cc1nc(CCNC(=O)NCCN2C[C@H](C)O[C@@H](C)C2)cs1. The number of morpholine rings is 1. The van der Waals surface area contributed by atoms with Crippen LogP contribution in [0.2, 0.25) is 0 Å². The van der Waals surface area contributed by atoms with Gasteiger partial charge in [0.1, 0.15) is 0 Å². The van der Waals surface area contributed by atoms with Crippen LogP contribution in [0.3, 0.4) is 0 Å². The maximum atomic E-state index is 11.7. The van der Waals surface area contributed by atoms with Crippen LogP contribution in [-0.4, -0.2) is 60.8 Å². The predicted octanol–water partition coefficient (Wildman–Crippen LogP) is 1.40. The highest BCUT2D eigenvalue weighted by Gasteiger charge is 2.21. The first-order valence-electron chi connectivity index (χ1n) is 7.83. The Morgan fingerprint density at radius 1 is 1.36 bits per heavy atom. The molecule has 1 fully saturated rings. The fraction of sp³-hybridized carbons (Fsp3) is 0.733. The third-order valence-corrected chi connectivity index (χ3v) is 4.36. The zero-order valence-electron chi connectivity index (χ0n) is 13.6. The van der Waals surface area contributed by atoms with E-state index >= 15 is 0 Å². The summed E-state index contributed by atoms with van der Waals surface area (Å²) in [6, 6.07) is -0.110. The monoisotopic (exact) mass is 326 g/mol. The zero-order valence-corrected chi connectivity index (χ0v) is 14.4. The second-order valence-corrected chi connectivity index (χ2v) is 6.87. The van der Waals surface area contributed by atoms with E-state index in [9.17, 15) is 4.79 Å². The Kier molecular flexibility index (Phi) is 6.60. The largest absolute Gasteiger partial charge is 0.373 e. The number of rotatable bonds is 6. The number of amides is 2. The van der Waals surface area contributed by atoms with Gasteiger partial charge in [-0.25, -0.2) is 9.78 Å². The molecule has 0 aromatic carbocycles. The molecule has 0 bridgehead atoms. The van der Waals surface area contributed by atoms with Crippen LogP contribution >= 0.6 is 11.3 Å². The number of thiazole rings is 1. The van der Waals surface area contributed by atoms with Gasteiger partial charge in [-0.15, -0.1) is 11.3 Å². The summed E-state index contributed by atoms with van der Waals surface area (Å²) in [6.07, 6.45) is 1.30. The summed E-state index contributed by atoms with van der Waals surface area (Å²) >= 11 is 1.64. The summed E-state index contributed by atoms with van der Waals surface area (Å²) in [6.45, 7) is 10.1. The van der Waals surface area contributed by atoms with Crippen LogP contribution in [0.1, 0.15) is 24.5 Å². The molecule has 2 heterocycles. The summed E-state index contributed by atoms with van der Waals surface area (Å²) in [5.74, 6) is 0. The van der Waals surface area contributed by atoms with Crippen molar-refractivity contribution in [2.45, 2.75) is 39.4 Å². The zero-order chi connectivity index (χ0) is 15.9. The quantitative estimate of drug-likeness (QED) is 0.829. The molecule has 0 saturated carbocycles. The van der Waals surface area contributed by atoms with Gasteiger partial charge in [0.15, 0.2) is 0 Å². The number of nitrogens with one attached hydrogen (secondary N) is 2.